The monoisotopic (exact) mass is 285 g/mol. The maximum Gasteiger partial charge on any atom is 0.152 e. The molecule has 20 heavy (non-hydrogen) atoms. The van der Waals surface area contributed by atoms with Gasteiger partial charge < -0.3 is 10.3 Å². The van der Waals surface area contributed by atoms with Crippen molar-refractivity contribution in [2.45, 2.75) is 32.2 Å². The van der Waals surface area contributed by atoms with E-state index in [9.17, 15) is 0 Å². The molecule has 0 saturated carbocycles. The number of thiophene rings is 1. The molecule has 3 aromatic heterocycles. The van der Waals surface area contributed by atoms with Crippen LogP contribution in [0.25, 0.3) is 10.2 Å². The van der Waals surface area contributed by atoms with Gasteiger partial charge in [-0.1, -0.05) is 0 Å². The van der Waals surface area contributed by atoms with Crippen LogP contribution in [0.5, 0.6) is 0 Å². The summed E-state index contributed by atoms with van der Waals surface area (Å²) in [5, 5.41) is 2.95. The molecule has 1 aliphatic carbocycles. The van der Waals surface area contributed by atoms with E-state index in [0.29, 0.717) is 12.4 Å². The van der Waals surface area contributed by atoms with Crippen molar-refractivity contribution in [2.75, 3.05) is 5.73 Å². The highest BCUT2D eigenvalue weighted by Crippen LogP contribution is 2.24. The Morgan fingerprint density at radius 3 is 3.10 bits per heavy atom. The Balaban J connectivity index is 1.72. The molecule has 3 heterocycles. The lowest BCUT2D eigenvalue weighted by molar-refractivity contribution is 0.621. The van der Waals surface area contributed by atoms with Gasteiger partial charge in [-0.3, -0.25) is 0 Å². The topological polar surface area (TPSA) is 69.6 Å². The van der Waals surface area contributed by atoms with Crippen LogP contribution in [0.1, 0.15) is 30.1 Å². The first-order valence-electron chi connectivity index (χ1n) is 6.84. The van der Waals surface area contributed by atoms with Crippen molar-refractivity contribution in [1.82, 2.24) is 19.5 Å². The van der Waals surface area contributed by atoms with Crippen molar-refractivity contribution in [2.24, 2.45) is 0 Å². The zero-order valence-corrected chi connectivity index (χ0v) is 11.9. The molecule has 0 radical (unpaired) electrons. The number of anilines is 1. The van der Waals surface area contributed by atoms with Gasteiger partial charge in [0.15, 0.2) is 5.82 Å². The third-order valence-corrected chi connectivity index (χ3v) is 4.63. The van der Waals surface area contributed by atoms with Gasteiger partial charge in [0.1, 0.15) is 10.6 Å². The highest BCUT2D eigenvalue weighted by atomic mass is 32.1. The normalized spacial score (nSPS) is 14.6. The van der Waals surface area contributed by atoms with E-state index >= 15 is 0 Å². The quantitative estimate of drug-likeness (QED) is 0.785. The molecule has 0 aliphatic heterocycles. The molecule has 0 saturated heterocycles. The number of nitrogens with zero attached hydrogens (tertiary/aromatic N) is 4. The van der Waals surface area contributed by atoms with Crippen molar-refractivity contribution in [3.8, 4) is 0 Å². The maximum absolute atomic E-state index is 6.00. The molecule has 0 fully saturated rings. The number of nitrogens with two attached hydrogens (primary N) is 1. The number of rotatable bonds is 2. The Hall–Kier alpha value is -1.95. The molecule has 1 aliphatic rings. The lowest BCUT2D eigenvalue weighted by atomic mass is 10.0. The van der Waals surface area contributed by atoms with Crippen molar-refractivity contribution in [3.05, 3.63) is 35.0 Å². The van der Waals surface area contributed by atoms with Crippen LogP contribution in [0.15, 0.2) is 17.8 Å². The lowest BCUT2D eigenvalue weighted by Gasteiger charge is -2.13. The van der Waals surface area contributed by atoms with Crippen LogP contribution in [-0.4, -0.2) is 19.5 Å². The van der Waals surface area contributed by atoms with Crippen LogP contribution in [0.3, 0.4) is 0 Å². The van der Waals surface area contributed by atoms with Gasteiger partial charge in [-0.2, -0.15) is 0 Å². The van der Waals surface area contributed by atoms with Gasteiger partial charge in [-0.15, -0.1) is 11.3 Å². The molecular formula is C14H15N5S. The van der Waals surface area contributed by atoms with Crippen molar-refractivity contribution >= 4 is 27.4 Å². The fourth-order valence-corrected chi connectivity index (χ4v) is 3.61. The van der Waals surface area contributed by atoms with E-state index in [0.717, 1.165) is 28.9 Å². The highest BCUT2D eigenvalue weighted by Gasteiger charge is 2.16. The number of nitrogen functional groups attached to an aromatic ring is 1. The third-order valence-electron chi connectivity index (χ3n) is 3.82. The van der Waals surface area contributed by atoms with Crippen LogP contribution in [0.2, 0.25) is 0 Å². The van der Waals surface area contributed by atoms with Gasteiger partial charge in [0.2, 0.25) is 0 Å². The van der Waals surface area contributed by atoms with E-state index in [-0.39, 0.29) is 0 Å². The number of aromatic nitrogens is 4. The minimum Gasteiger partial charge on any atom is -0.383 e. The molecule has 0 spiro atoms. The number of fused-ring (bicyclic) bond motifs is 2. The van der Waals surface area contributed by atoms with E-state index in [2.05, 4.69) is 19.5 Å². The standard InChI is InChI=1S/C14H15N5S/c15-13-9-5-6-20-14(9)18-12(17-13)7-19-8-16-10-3-1-2-4-11(10)19/h5-6,8H,1-4,7H2,(H2,15,17,18). The Bertz CT molecular complexity index is 773. The van der Waals surface area contributed by atoms with Crippen molar-refractivity contribution < 1.29 is 0 Å². The Labute approximate surface area is 120 Å². The van der Waals surface area contributed by atoms with Crippen LogP contribution < -0.4 is 5.73 Å². The van der Waals surface area contributed by atoms with Crippen molar-refractivity contribution in [3.63, 3.8) is 0 Å². The summed E-state index contributed by atoms with van der Waals surface area (Å²) in [5.41, 5.74) is 8.57. The Morgan fingerprint density at radius 1 is 1.25 bits per heavy atom. The Morgan fingerprint density at radius 2 is 2.15 bits per heavy atom. The predicted octanol–water partition coefficient (Wildman–Crippen LogP) is 2.40. The summed E-state index contributed by atoms with van der Waals surface area (Å²) in [4.78, 5) is 14.5. The molecule has 0 unspecified atom stereocenters. The summed E-state index contributed by atoms with van der Waals surface area (Å²) in [7, 11) is 0. The van der Waals surface area contributed by atoms with Gasteiger partial charge in [0.25, 0.3) is 0 Å². The van der Waals surface area contributed by atoms with Crippen LogP contribution in [0.4, 0.5) is 5.82 Å². The van der Waals surface area contributed by atoms with E-state index in [1.165, 1.54) is 24.2 Å². The fraction of sp³-hybridized carbons (Fsp3) is 0.357. The number of hydrogen-bond acceptors (Lipinski definition) is 5. The second-order valence-corrected chi connectivity index (χ2v) is 6.03. The fourth-order valence-electron chi connectivity index (χ4n) is 2.81. The van der Waals surface area contributed by atoms with Crippen LogP contribution in [0, 0.1) is 0 Å². The molecule has 6 heteroatoms. The summed E-state index contributed by atoms with van der Waals surface area (Å²) in [5.74, 6) is 1.34. The van der Waals surface area contributed by atoms with E-state index in [1.807, 2.05) is 17.8 Å². The average molecular weight is 285 g/mol. The zero-order valence-electron chi connectivity index (χ0n) is 11.0. The minimum absolute atomic E-state index is 0.570. The summed E-state index contributed by atoms with van der Waals surface area (Å²) in [6, 6.07) is 1.97. The minimum atomic E-state index is 0.570. The molecule has 0 bridgehead atoms. The first-order chi connectivity index (χ1) is 9.81. The van der Waals surface area contributed by atoms with Crippen molar-refractivity contribution in [1.29, 1.82) is 0 Å². The number of hydrogen-bond donors (Lipinski definition) is 1. The second kappa shape index (κ2) is 4.56. The summed E-state index contributed by atoms with van der Waals surface area (Å²) < 4.78 is 2.17. The number of aryl methyl sites for hydroxylation is 1. The van der Waals surface area contributed by atoms with Gasteiger partial charge in [0, 0.05) is 5.69 Å². The molecule has 4 rings (SSSR count). The summed E-state index contributed by atoms with van der Waals surface area (Å²) in [6.45, 7) is 0.653. The average Bonchev–Trinajstić information content (AvgIpc) is 3.07. The smallest absolute Gasteiger partial charge is 0.152 e. The first-order valence-corrected chi connectivity index (χ1v) is 7.72. The second-order valence-electron chi connectivity index (χ2n) is 5.14. The molecule has 3 aromatic rings. The van der Waals surface area contributed by atoms with Gasteiger partial charge in [0.05, 0.1) is 24.0 Å². The largest absolute Gasteiger partial charge is 0.383 e. The molecular weight excluding hydrogens is 270 g/mol. The zero-order chi connectivity index (χ0) is 13.5. The van der Waals surface area contributed by atoms with Gasteiger partial charge in [-0.05, 0) is 37.1 Å². The molecule has 0 amide bonds. The molecule has 0 aromatic carbocycles. The first kappa shape index (κ1) is 11.8. The molecule has 5 nitrogen and oxygen atoms in total. The van der Waals surface area contributed by atoms with Crippen LogP contribution in [-0.2, 0) is 19.4 Å². The van der Waals surface area contributed by atoms with E-state index in [4.69, 9.17) is 5.73 Å². The van der Waals surface area contributed by atoms with Gasteiger partial charge in [-0.25, -0.2) is 15.0 Å². The van der Waals surface area contributed by atoms with E-state index < -0.39 is 0 Å². The van der Waals surface area contributed by atoms with Gasteiger partial charge >= 0.3 is 0 Å². The molecule has 0 atom stereocenters. The highest BCUT2D eigenvalue weighted by molar-refractivity contribution is 7.16. The third kappa shape index (κ3) is 1.87. The van der Waals surface area contributed by atoms with E-state index in [1.54, 1.807) is 11.3 Å². The molecule has 2 N–H and O–H groups in total. The predicted molar refractivity (Wildman–Crippen MR) is 79.8 cm³/mol. The molecule has 102 valence electrons. The number of imidazole rings is 1. The summed E-state index contributed by atoms with van der Waals surface area (Å²) in [6.07, 6.45) is 6.59. The Kier molecular flexibility index (Phi) is 2.70. The lowest BCUT2D eigenvalue weighted by Crippen LogP contribution is -2.11. The SMILES string of the molecule is Nc1nc(Cn2cnc3c2CCCC3)nc2sccc12. The summed E-state index contributed by atoms with van der Waals surface area (Å²) >= 11 is 1.60. The maximum atomic E-state index is 6.00. The van der Waals surface area contributed by atoms with Crippen LogP contribution >= 0.6 is 11.3 Å².